The Morgan fingerprint density at radius 2 is 1.77 bits per heavy atom. The molecule has 1 aromatic heterocycles. The van der Waals surface area contributed by atoms with Crippen LogP contribution in [-0.2, 0) is 4.74 Å². The lowest BCUT2D eigenvalue weighted by Gasteiger charge is -2.11. The molecule has 0 aliphatic heterocycles. The first-order valence-electron chi connectivity index (χ1n) is 7.19. The highest BCUT2D eigenvalue weighted by atomic mass is 16.5. The minimum atomic E-state index is -0.305. The van der Waals surface area contributed by atoms with E-state index in [9.17, 15) is 4.79 Å². The van der Waals surface area contributed by atoms with Crippen molar-refractivity contribution in [3.8, 4) is 11.3 Å². The Balaban J connectivity index is 2.25. The van der Waals surface area contributed by atoms with E-state index >= 15 is 0 Å². The molecular formula is C18H16N2O2. The normalized spacial score (nSPS) is 10.6. The van der Waals surface area contributed by atoms with Crippen molar-refractivity contribution in [3.63, 3.8) is 0 Å². The number of nitrogens with zero attached hydrogens (tertiary/aromatic N) is 2. The summed E-state index contributed by atoms with van der Waals surface area (Å²) in [6, 6.07) is 11.5. The average molecular weight is 292 g/mol. The van der Waals surface area contributed by atoms with Gasteiger partial charge in [0, 0.05) is 18.0 Å². The van der Waals surface area contributed by atoms with Crippen LogP contribution in [0.1, 0.15) is 23.0 Å². The monoisotopic (exact) mass is 292 g/mol. The number of hydrogen-bond acceptors (Lipinski definition) is 4. The van der Waals surface area contributed by atoms with Crippen molar-refractivity contribution < 1.29 is 9.53 Å². The highest BCUT2D eigenvalue weighted by Gasteiger charge is 2.15. The summed E-state index contributed by atoms with van der Waals surface area (Å²) in [5.74, 6) is -0.305. The maximum atomic E-state index is 12.1. The molecule has 110 valence electrons. The van der Waals surface area contributed by atoms with Gasteiger partial charge in [-0.15, -0.1) is 0 Å². The first kappa shape index (κ1) is 14.2. The summed E-state index contributed by atoms with van der Waals surface area (Å²) < 4.78 is 5.14. The van der Waals surface area contributed by atoms with E-state index < -0.39 is 0 Å². The van der Waals surface area contributed by atoms with Crippen molar-refractivity contribution in [3.05, 3.63) is 60.0 Å². The molecule has 0 bridgehead atoms. The van der Waals surface area contributed by atoms with Crippen LogP contribution in [0, 0.1) is 6.92 Å². The van der Waals surface area contributed by atoms with Crippen molar-refractivity contribution in [1.82, 2.24) is 9.97 Å². The number of aromatic nitrogens is 2. The molecule has 0 atom stereocenters. The summed E-state index contributed by atoms with van der Waals surface area (Å²) in [5, 5.41) is 1.83. The molecule has 4 heteroatoms. The van der Waals surface area contributed by atoms with Gasteiger partial charge in [-0.05, 0) is 30.7 Å². The van der Waals surface area contributed by atoms with Crippen molar-refractivity contribution in [2.24, 2.45) is 0 Å². The van der Waals surface area contributed by atoms with E-state index in [1.807, 2.05) is 37.3 Å². The van der Waals surface area contributed by atoms with E-state index in [2.05, 4.69) is 9.97 Å². The van der Waals surface area contributed by atoms with Crippen LogP contribution in [0.25, 0.3) is 22.0 Å². The van der Waals surface area contributed by atoms with Gasteiger partial charge < -0.3 is 4.74 Å². The predicted molar refractivity (Wildman–Crippen MR) is 85.7 cm³/mol. The molecule has 0 spiro atoms. The number of aryl methyl sites for hydroxylation is 1. The number of ether oxygens (including phenoxy) is 1. The number of carbonyl (C=O) groups is 1. The number of fused-ring (bicyclic) bond motifs is 1. The Hall–Kier alpha value is -2.75. The molecule has 0 aliphatic carbocycles. The van der Waals surface area contributed by atoms with Crippen LogP contribution in [0.3, 0.4) is 0 Å². The lowest BCUT2D eigenvalue weighted by atomic mass is 9.97. The van der Waals surface area contributed by atoms with Crippen LogP contribution < -0.4 is 0 Å². The molecule has 3 rings (SSSR count). The maximum Gasteiger partial charge on any atom is 0.338 e. The van der Waals surface area contributed by atoms with Crippen LogP contribution in [0.15, 0.2) is 48.8 Å². The molecule has 0 radical (unpaired) electrons. The topological polar surface area (TPSA) is 52.1 Å². The predicted octanol–water partition coefficient (Wildman–Crippen LogP) is 3.78. The molecule has 0 saturated carbocycles. The molecule has 0 saturated heterocycles. The summed E-state index contributed by atoms with van der Waals surface area (Å²) in [6.07, 6.45) is 3.35. The number of rotatable bonds is 3. The van der Waals surface area contributed by atoms with Crippen LogP contribution >= 0.6 is 0 Å². The molecule has 3 aromatic rings. The van der Waals surface area contributed by atoms with Gasteiger partial charge in [0.25, 0.3) is 0 Å². The zero-order valence-electron chi connectivity index (χ0n) is 12.5. The Kier molecular flexibility index (Phi) is 3.83. The second-order valence-corrected chi connectivity index (χ2v) is 4.92. The molecular weight excluding hydrogens is 276 g/mol. The Bertz CT molecular complexity index is 843. The summed E-state index contributed by atoms with van der Waals surface area (Å²) >= 11 is 0. The fourth-order valence-electron chi connectivity index (χ4n) is 2.56. The molecule has 0 aliphatic rings. The van der Waals surface area contributed by atoms with E-state index in [4.69, 9.17) is 4.74 Å². The van der Waals surface area contributed by atoms with E-state index in [1.54, 1.807) is 25.4 Å². The first-order chi connectivity index (χ1) is 10.7. The average Bonchev–Trinajstić information content (AvgIpc) is 2.55. The lowest BCUT2D eigenvalue weighted by Crippen LogP contribution is -2.05. The summed E-state index contributed by atoms with van der Waals surface area (Å²) in [5.41, 5.74) is 3.22. The number of carbonyl (C=O) groups excluding carboxylic acids is 1. The quantitative estimate of drug-likeness (QED) is 0.689. The third kappa shape index (κ3) is 2.44. The fraction of sp³-hybridized carbons (Fsp3) is 0.167. The van der Waals surface area contributed by atoms with Gasteiger partial charge in [0.1, 0.15) is 0 Å². The first-order valence-corrected chi connectivity index (χ1v) is 7.19. The highest BCUT2D eigenvalue weighted by molar-refractivity contribution is 6.09. The largest absolute Gasteiger partial charge is 0.462 e. The Labute approximate surface area is 128 Å². The van der Waals surface area contributed by atoms with E-state index in [0.29, 0.717) is 12.2 Å². The van der Waals surface area contributed by atoms with Gasteiger partial charge in [0.05, 0.1) is 23.6 Å². The number of benzene rings is 2. The zero-order valence-corrected chi connectivity index (χ0v) is 12.5. The second kappa shape index (κ2) is 5.93. The summed E-state index contributed by atoms with van der Waals surface area (Å²) in [7, 11) is 0. The molecule has 22 heavy (non-hydrogen) atoms. The molecule has 2 aromatic carbocycles. The van der Waals surface area contributed by atoms with Crippen LogP contribution in [0.5, 0.6) is 0 Å². The van der Waals surface area contributed by atoms with Crippen LogP contribution in [0.4, 0.5) is 0 Å². The zero-order chi connectivity index (χ0) is 15.5. The van der Waals surface area contributed by atoms with Gasteiger partial charge in [-0.2, -0.15) is 0 Å². The molecule has 0 N–H and O–H groups in total. The van der Waals surface area contributed by atoms with Gasteiger partial charge in [-0.25, -0.2) is 4.79 Å². The summed E-state index contributed by atoms with van der Waals surface area (Å²) in [4.78, 5) is 20.8. The summed E-state index contributed by atoms with van der Waals surface area (Å²) in [6.45, 7) is 4.09. The van der Waals surface area contributed by atoms with E-state index in [1.165, 1.54) is 0 Å². The van der Waals surface area contributed by atoms with Crippen molar-refractivity contribution in [1.29, 1.82) is 0 Å². The highest BCUT2D eigenvalue weighted by Crippen LogP contribution is 2.31. The molecule has 0 unspecified atom stereocenters. The molecule has 0 amide bonds. The van der Waals surface area contributed by atoms with Gasteiger partial charge in [-0.1, -0.05) is 30.3 Å². The van der Waals surface area contributed by atoms with Crippen LogP contribution in [0.2, 0.25) is 0 Å². The molecule has 4 nitrogen and oxygen atoms in total. The number of hydrogen-bond donors (Lipinski definition) is 0. The smallest absolute Gasteiger partial charge is 0.338 e. The van der Waals surface area contributed by atoms with Gasteiger partial charge in [0.2, 0.25) is 0 Å². The number of esters is 1. The van der Waals surface area contributed by atoms with Crippen LogP contribution in [-0.4, -0.2) is 22.5 Å². The third-order valence-electron chi connectivity index (χ3n) is 3.56. The SMILES string of the molecule is CCOC(=O)c1ccc(-c2nccnc2C)c2ccccc12. The van der Waals surface area contributed by atoms with Crippen molar-refractivity contribution in [2.45, 2.75) is 13.8 Å². The van der Waals surface area contributed by atoms with Crippen molar-refractivity contribution >= 4 is 16.7 Å². The van der Waals surface area contributed by atoms with E-state index in [0.717, 1.165) is 27.7 Å². The van der Waals surface area contributed by atoms with Gasteiger partial charge in [0.15, 0.2) is 0 Å². The van der Waals surface area contributed by atoms with Gasteiger partial charge in [-0.3, -0.25) is 9.97 Å². The minimum Gasteiger partial charge on any atom is -0.462 e. The standard InChI is InChI=1S/C18H16N2O2/c1-3-22-18(21)16-9-8-15(13-6-4-5-7-14(13)16)17-12(2)19-10-11-20-17/h4-11H,3H2,1-2H3. The lowest BCUT2D eigenvalue weighted by molar-refractivity contribution is 0.0528. The maximum absolute atomic E-state index is 12.1. The minimum absolute atomic E-state index is 0.305. The fourth-order valence-corrected chi connectivity index (χ4v) is 2.56. The molecule has 0 fully saturated rings. The Morgan fingerprint density at radius 3 is 2.50 bits per heavy atom. The Morgan fingerprint density at radius 1 is 1.05 bits per heavy atom. The molecule has 1 heterocycles. The van der Waals surface area contributed by atoms with E-state index in [-0.39, 0.29) is 5.97 Å². The third-order valence-corrected chi connectivity index (χ3v) is 3.56. The van der Waals surface area contributed by atoms with Crippen molar-refractivity contribution in [2.75, 3.05) is 6.61 Å². The van der Waals surface area contributed by atoms with Gasteiger partial charge >= 0.3 is 5.97 Å². The second-order valence-electron chi connectivity index (χ2n) is 4.92.